The second-order valence-electron chi connectivity index (χ2n) is 8.44. The van der Waals surface area contributed by atoms with E-state index in [1.807, 2.05) is 55.5 Å². The Labute approximate surface area is 225 Å². The Kier molecular flexibility index (Phi) is 10.7. The van der Waals surface area contributed by atoms with Crippen LogP contribution in [0.4, 0.5) is 0 Å². The standard InChI is InChI=1S/C18H22N2OS.C13H12S/c1-3-12-20(13-19)18(21)15-10-8-14(9-11-15)16-6-4-5-7-17(16)22-2;1-10-2-4-11(5-3-10)12-6-8-13(14)9-7-12/h4-11H,3,12-13,19H2,1-2H3;2-9,14H,1H3. The van der Waals surface area contributed by atoms with Gasteiger partial charge in [-0.3, -0.25) is 4.79 Å². The highest BCUT2D eigenvalue weighted by Crippen LogP contribution is 2.30. The lowest BCUT2D eigenvalue weighted by Crippen LogP contribution is -2.36. The lowest BCUT2D eigenvalue weighted by molar-refractivity contribution is 0.0760. The predicted molar refractivity (Wildman–Crippen MR) is 158 cm³/mol. The number of amides is 1. The van der Waals surface area contributed by atoms with Crippen molar-refractivity contribution in [1.29, 1.82) is 0 Å². The van der Waals surface area contributed by atoms with Crippen molar-refractivity contribution in [2.45, 2.75) is 30.1 Å². The molecule has 0 unspecified atom stereocenters. The summed E-state index contributed by atoms with van der Waals surface area (Å²) >= 11 is 5.98. The molecule has 0 saturated carbocycles. The molecule has 3 nitrogen and oxygen atoms in total. The van der Waals surface area contributed by atoms with Gasteiger partial charge in [0.1, 0.15) is 0 Å². The van der Waals surface area contributed by atoms with Gasteiger partial charge < -0.3 is 10.6 Å². The van der Waals surface area contributed by atoms with Crippen molar-refractivity contribution in [3.05, 3.63) is 108 Å². The number of rotatable bonds is 7. The zero-order valence-corrected chi connectivity index (χ0v) is 22.9. The number of nitrogens with two attached hydrogens (primary N) is 1. The van der Waals surface area contributed by atoms with E-state index in [1.54, 1.807) is 16.7 Å². The van der Waals surface area contributed by atoms with E-state index >= 15 is 0 Å². The van der Waals surface area contributed by atoms with Crippen LogP contribution in [0, 0.1) is 6.92 Å². The lowest BCUT2D eigenvalue weighted by Gasteiger charge is -2.20. The molecular formula is C31H34N2OS2. The van der Waals surface area contributed by atoms with Gasteiger partial charge in [0.25, 0.3) is 5.91 Å². The van der Waals surface area contributed by atoms with Gasteiger partial charge in [-0.2, -0.15) is 0 Å². The Morgan fingerprint density at radius 3 is 1.94 bits per heavy atom. The first-order valence-electron chi connectivity index (χ1n) is 12.1. The number of carbonyl (C=O) groups excluding carboxylic acids is 1. The van der Waals surface area contributed by atoms with Crippen LogP contribution in [0.15, 0.2) is 107 Å². The van der Waals surface area contributed by atoms with E-state index in [0.29, 0.717) is 12.1 Å². The van der Waals surface area contributed by atoms with Crippen LogP contribution in [-0.4, -0.2) is 30.3 Å². The second-order valence-corrected chi connectivity index (χ2v) is 9.81. The minimum Gasteiger partial charge on any atom is -0.326 e. The molecule has 0 radical (unpaired) electrons. The third-order valence-corrected chi connectivity index (χ3v) is 6.90. The molecule has 0 saturated heterocycles. The van der Waals surface area contributed by atoms with Gasteiger partial charge in [-0.1, -0.05) is 79.2 Å². The summed E-state index contributed by atoms with van der Waals surface area (Å²) in [6, 6.07) is 32.8. The number of hydrogen-bond acceptors (Lipinski definition) is 4. The lowest BCUT2D eigenvalue weighted by atomic mass is 10.0. The Bertz CT molecular complexity index is 1190. The maximum atomic E-state index is 12.4. The summed E-state index contributed by atoms with van der Waals surface area (Å²) in [5.74, 6) is -0.00551. The van der Waals surface area contributed by atoms with E-state index < -0.39 is 0 Å². The Hall–Kier alpha value is -2.99. The van der Waals surface area contributed by atoms with Gasteiger partial charge in [0, 0.05) is 21.9 Å². The summed E-state index contributed by atoms with van der Waals surface area (Å²) < 4.78 is 0. The molecule has 186 valence electrons. The molecular weight excluding hydrogens is 480 g/mol. The Balaban J connectivity index is 0.000000221. The van der Waals surface area contributed by atoms with E-state index in [9.17, 15) is 4.79 Å². The molecule has 5 heteroatoms. The van der Waals surface area contributed by atoms with E-state index in [-0.39, 0.29) is 12.6 Å². The number of benzene rings is 4. The van der Waals surface area contributed by atoms with Crippen molar-refractivity contribution in [3.8, 4) is 22.3 Å². The molecule has 0 aromatic heterocycles. The molecule has 0 spiro atoms. The zero-order chi connectivity index (χ0) is 25.9. The van der Waals surface area contributed by atoms with E-state index in [4.69, 9.17) is 5.73 Å². The van der Waals surface area contributed by atoms with Crippen molar-refractivity contribution in [3.63, 3.8) is 0 Å². The highest BCUT2D eigenvalue weighted by Gasteiger charge is 2.13. The highest BCUT2D eigenvalue weighted by atomic mass is 32.2. The largest absolute Gasteiger partial charge is 0.326 e. The van der Waals surface area contributed by atoms with Crippen LogP contribution in [0.25, 0.3) is 22.3 Å². The third kappa shape index (κ3) is 7.50. The Morgan fingerprint density at radius 2 is 1.39 bits per heavy atom. The molecule has 0 aliphatic rings. The molecule has 36 heavy (non-hydrogen) atoms. The number of carbonyl (C=O) groups is 1. The van der Waals surface area contributed by atoms with E-state index in [1.165, 1.54) is 27.1 Å². The quantitative estimate of drug-likeness (QED) is 0.150. The van der Waals surface area contributed by atoms with E-state index in [0.717, 1.165) is 16.9 Å². The summed E-state index contributed by atoms with van der Waals surface area (Å²) in [6.45, 7) is 5.08. The van der Waals surface area contributed by atoms with Crippen LogP contribution in [0.5, 0.6) is 0 Å². The first-order chi connectivity index (χ1) is 17.5. The van der Waals surface area contributed by atoms with Crippen LogP contribution in [0.2, 0.25) is 0 Å². The van der Waals surface area contributed by atoms with Crippen LogP contribution in [-0.2, 0) is 0 Å². The summed E-state index contributed by atoms with van der Waals surface area (Å²) in [4.78, 5) is 16.3. The number of nitrogens with zero attached hydrogens (tertiary/aromatic N) is 1. The SMILES string of the molecule is CCCN(CN)C(=O)c1ccc(-c2ccccc2SC)cc1.Cc1ccc(-c2ccc(S)cc2)cc1. The van der Waals surface area contributed by atoms with Crippen LogP contribution in [0.1, 0.15) is 29.3 Å². The van der Waals surface area contributed by atoms with E-state index in [2.05, 4.69) is 74.3 Å². The van der Waals surface area contributed by atoms with Crippen LogP contribution < -0.4 is 5.73 Å². The summed E-state index contributed by atoms with van der Waals surface area (Å²) in [6.07, 6.45) is 2.97. The molecule has 0 heterocycles. The number of thioether (sulfide) groups is 1. The first kappa shape index (κ1) is 27.6. The van der Waals surface area contributed by atoms with Crippen LogP contribution in [0.3, 0.4) is 0 Å². The summed E-state index contributed by atoms with van der Waals surface area (Å²) in [5.41, 5.74) is 12.4. The van der Waals surface area contributed by atoms with Crippen molar-refractivity contribution >= 4 is 30.3 Å². The van der Waals surface area contributed by atoms with Crippen molar-refractivity contribution < 1.29 is 4.79 Å². The second kappa shape index (κ2) is 13.9. The number of hydrogen-bond donors (Lipinski definition) is 2. The fourth-order valence-electron chi connectivity index (χ4n) is 3.80. The molecule has 0 bridgehead atoms. The number of aryl methyl sites for hydroxylation is 1. The average Bonchev–Trinajstić information content (AvgIpc) is 2.93. The van der Waals surface area contributed by atoms with Gasteiger partial charge in [0.05, 0.1) is 6.67 Å². The molecule has 1 amide bonds. The third-order valence-electron chi connectivity index (χ3n) is 5.80. The molecule has 0 aliphatic carbocycles. The predicted octanol–water partition coefficient (Wildman–Crippen LogP) is 7.79. The molecule has 4 rings (SSSR count). The first-order valence-corrected chi connectivity index (χ1v) is 13.7. The normalized spacial score (nSPS) is 10.4. The maximum absolute atomic E-state index is 12.4. The maximum Gasteiger partial charge on any atom is 0.254 e. The fourth-order valence-corrected chi connectivity index (χ4v) is 4.57. The minimum atomic E-state index is -0.00551. The number of thiol groups is 1. The molecule has 0 atom stereocenters. The zero-order valence-electron chi connectivity index (χ0n) is 21.1. The molecule has 4 aromatic carbocycles. The van der Waals surface area contributed by atoms with Crippen molar-refractivity contribution in [2.75, 3.05) is 19.5 Å². The average molecular weight is 515 g/mol. The molecule has 4 aromatic rings. The van der Waals surface area contributed by atoms with Gasteiger partial charge in [-0.15, -0.1) is 24.4 Å². The monoisotopic (exact) mass is 514 g/mol. The van der Waals surface area contributed by atoms with Gasteiger partial charge in [-0.25, -0.2) is 0 Å². The fraction of sp³-hybridized carbons (Fsp3) is 0.194. The highest BCUT2D eigenvalue weighted by molar-refractivity contribution is 7.98. The Morgan fingerprint density at radius 1 is 0.833 bits per heavy atom. The topological polar surface area (TPSA) is 46.3 Å². The molecule has 0 fully saturated rings. The van der Waals surface area contributed by atoms with Crippen molar-refractivity contribution in [1.82, 2.24) is 4.90 Å². The van der Waals surface area contributed by atoms with Gasteiger partial charge in [0.15, 0.2) is 0 Å². The van der Waals surface area contributed by atoms with Gasteiger partial charge in [-0.05, 0) is 72.2 Å². The summed E-state index contributed by atoms with van der Waals surface area (Å²) in [7, 11) is 0. The smallest absolute Gasteiger partial charge is 0.254 e. The van der Waals surface area contributed by atoms with Gasteiger partial charge >= 0.3 is 0 Å². The van der Waals surface area contributed by atoms with Crippen molar-refractivity contribution in [2.24, 2.45) is 5.73 Å². The van der Waals surface area contributed by atoms with Crippen LogP contribution >= 0.6 is 24.4 Å². The summed E-state index contributed by atoms with van der Waals surface area (Å²) in [5, 5.41) is 0. The molecule has 2 N–H and O–H groups in total. The molecule has 0 aliphatic heterocycles. The minimum absolute atomic E-state index is 0.00551. The van der Waals surface area contributed by atoms with Gasteiger partial charge in [0.2, 0.25) is 0 Å².